The number of amides is 1. The molecule has 0 atom stereocenters. The zero-order valence-corrected chi connectivity index (χ0v) is 14.1. The van der Waals surface area contributed by atoms with Gasteiger partial charge in [-0.3, -0.25) is 4.79 Å². The van der Waals surface area contributed by atoms with Crippen LogP contribution in [0, 0.1) is 6.92 Å². The van der Waals surface area contributed by atoms with Crippen LogP contribution in [-0.2, 0) is 10.5 Å². The van der Waals surface area contributed by atoms with E-state index in [-0.39, 0.29) is 5.91 Å². The molecule has 7 heteroatoms. The van der Waals surface area contributed by atoms with Gasteiger partial charge in [0.1, 0.15) is 0 Å². The van der Waals surface area contributed by atoms with Gasteiger partial charge in [-0.1, -0.05) is 25.0 Å². The molecular weight excluding hydrogens is 310 g/mol. The largest absolute Gasteiger partial charge is 0.325 e. The molecule has 1 fully saturated rings. The second-order valence-electron chi connectivity index (χ2n) is 5.89. The molecular formula is C16H21N5OS. The number of anilines is 1. The van der Waals surface area contributed by atoms with Gasteiger partial charge in [-0.15, -0.1) is 16.9 Å². The molecule has 1 amide bonds. The molecule has 0 radical (unpaired) electrons. The maximum atomic E-state index is 12.0. The highest BCUT2D eigenvalue weighted by Gasteiger charge is 2.21. The third kappa shape index (κ3) is 4.31. The number of nitrogens with one attached hydrogen (secondary N) is 1. The Labute approximate surface area is 140 Å². The van der Waals surface area contributed by atoms with Crippen molar-refractivity contribution in [2.24, 2.45) is 0 Å². The number of aromatic nitrogens is 4. The van der Waals surface area contributed by atoms with Gasteiger partial charge in [0.25, 0.3) is 0 Å². The van der Waals surface area contributed by atoms with Gasteiger partial charge < -0.3 is 5.32 Å². The zero-order chi connectivity index (χ0) is 16.1. The summed E-state index contributed by atoms with van der Waals surface area (Å²) in [6.45, 7) is 2.01. The van der Waals surface area contributed by atoms with E-state index in [4.69, 9.17) is 0 Å². The van der Waals surface area contributed by atoms with Crippen LogP contribution in [0.5, 0.6) is 0 Å². The highest BCUT2D eigenvalue weighted by atomic mass is 32.2. The molecule has 1 aromatic heterocycles. The van der Waals surface area contributed by atoms with E-state index in [2.05, 4.69) is 20.8 Å². The minimum atomic E-state index is 0.000455. The number of rotatable bonds is 6. The Morgan fingerprint density at radius 2 is 2.22 bits per heavy atom. The minimum Gasteiger partial charge on any atom is -0.325 e. The molecule has 0 bridgehead atoms. The standard InChI is InChI=1S/C16H21N5OS/c1-12-5-4-6-13(9-12)17-16(22)11-23-10-15-18-19-20-21(15)14-7-2-3-8-14/h4-6,9,14H,2-3,7-8,10-11H2,1H3,(H,17,22). The lowest BCUT2D eigenvalue weighted by atomic mass is 10.2. The molecule has 1 aliphatic rings. The third-order valence-electron chi connectivity index (χ3n) is 4.00. The average molecular weight is 331 g/mol. The number of aryl methyl sites for hydroxylation is 1. The number of thioether (sulfide) groups is 1. The van der Waals surface area contributed by atoms with Gasteiger partial charge in [-0.05, 0) is 47.9 Å². The van der Waals surface area contributed by atoms with Gasteiger partial charge in [0.2, 0.25) is 5.91 Å². The third-order valence-corrected chi connectivity index (χ3v) is 4.93. The topological polar surface area (TPSA) is 72.7 Å². The molecule has 1 N–H and O–H groups in total. The van der Waals surface area contributed by atoms with Crippen LogP contribution in [0.15, 0.2) is 24.3 Å². The summed E-state index contributed by atoms with van der Waals surface area (Å²) in [5.74, 6) is 1.92. The van der Waals surface area contributed by atoms with E-state index in [1.807, 2.05) is 35.9 Å². The quantitative estimate of drug-likeness (QED) is 0.881. The first-order valence-electron chi connectivity index (χ1n) is 7.93. The number of hydrogen-bond acceptors (Lipinski definition) is 5. The Kier molecular flexibility index (Phi) is 5.27. The summed E-state index contributed by atoms with van der Waals surface area (Å²) in [4.78, 5) is 12.0. The Morgan fingerprint density at radius 3 is 3.00 bits per heavy atom. The lowest BCUT2D eigenvalue weighted by Crippen LogP contribution is -2.15. The highest BCUT2D eigenvalue weighted by molar-refractivity contribution is 7.99. The van der Waals surface area contributed by atoms with Crippen molar-refractivity contribution in [3.63, 3.8) is 0 Å². The Hall–Kier alpha value is -1.89. The number of hydrogen-bond donors (Lipinski definition) is 1. The smallest absolute Gasteiger partial charge is 0.234 e. The normalized spacial score (nSPS) is 15.0. The van der Waals surface area contributed by atoms with Crippen molar-refractivity contribution in [2.45, 2.75) is 44.4 Å². The van der Waals surface area contributed by atoms with Gasteiger partial charge in [-0.25, -0.2) is 4.68 Å². The first-order valence-corrected chi connectivity index (χ1v) is 9.09. The molecule has 6 nitrogen and oxygen atoms in total. The van der Waals surface area contributed by atoms with Crippen LogP contribution in [-0.4, -0.2) is 31.9 Å². The fourth-order valence-electron chi connectivity index (χ4n) is 2.89. The predicted octanol–water partition coefficient (Wildman–Crippen LogP) is 2.97. The van der Waals surface area contributed by atoms with E-state index in [0.29, 0.717) is 17.5 Å². The van der Waals surface area contributed by atoms with E-state index >= 15 is 0 Å². The lowest BCUT2D eigenvalue weighted by molar-refractivity contribution is -0.113. The van der Waals surface area contributed by atoms with Crippen LogP contribution in [0.1, 0.15) is 43.1 Å². The number of carbonyl (C=O) groups is 1. The minimum absolute atomic E-state index is 0.000455. The van der Waals surface area contributed by atoms with Crippen LogP contribution in [0.3, 0.4) is 0 Å². The molecule has 2 aromatic rings. The second kappa shape index (κ2) is 7.59. The Balaban J connectivity index is 1.48. The van der Waals surface area contributed by atoms with Gasteiger partial charge in [0.05, 0.1) is 17.5 Å². The van der Waals surface area contributed by atoms with Crippen molar-refractivity contribution >= 4 is 23.4 Å². The molecule has 1 heterocycles. The molecule has 0 unspecified atom stereocenters. The summed E-state index contributed by atoms with van der Waals surface area (Å²) in [7, 11) is 0. The molecule has 0 aliphatic heterocycles. The van der Waals surface area contributed by atoms with Crippen molar-refractivity contribution in [3.05, 3.63) is 35.7 Å². The Morgan fingerprint density at radius 1 is 1.39 bits per heavy atom. The van der Waals surface area contributed by atoms with Crippen LogP contribution >= 0.6 is 11.8 Å². The molecule has 1 aliphatic carbocycles. The molecule has 23 heavy (non-hydrogen) atoms. The average Bonchev–Trinajstić information content (AvgIpc) is 3.17. The first kappa shape index (κ1) is 16.0. The fourth-order valence-corrected chi connectivity index (χ4v) is 3.63. The van der Waals surface area contributed by atoms with E-state index in [1.165, 1.54) is 12.8 Å². The van der Waals surface area contributed by atoms with Crippen molar-refractivity contribution < 1.29 is 4.79 Å². The molecule has 0 spiro atoms. The van der Waals surface area contributed by atoms with Crippen LogP contribution in [0.4, 0.5) is 5.69 Å². The predicted molar refractivity (Wildman–Crippen MR) is 91.3 cm³/mol. The number of nitrogens with zero attached hydrogens (tertiary/aromatic N) is 4. The molecule has 3 rings (SSSR count). The summed E-state index contributed by atoms with van der Waals surface area (Å²) in [5.41, 5.74) is 1.97. The monoisotopic (exact) mass is 331 g/mol. The molecule has 122 valence electrons. The van der Waals surface area contributed by atoms with E-state index in [9.17, 15) is 4.79 Å². The second-order valence-corrected chi connectivity index (χ2v) is 6.87. The summed E-state index contributed by atoms with van der Waals surface area (Å²) in [5, 5.41) is 14.9. The maximum absolute atomic E-state index is 12.0. The SMILES string of the molecule is Cc1cccc(NC(=O)CSCc2nnnn2C2CCCC2)c1. The number of tetrazole rings is 1. The van der Waals surface area contributed by atoms with E-state index in [1.54, 1.807) is 11.8 Å². The van der Waals surface area contributed by atoms with Crippen LogP contribution in [0.2, 0.25) is 0 Å². The van der Waals surface area contributed by atoms with Gasteiger partial charge >= 0.3 is 0 Å². The lowest BCUT2D eigenvalue weighted by Gasteiger charge is -2.11. The highest BCUT2D eigenvalue weighted by Crippen LogP contribution is 2.29. The molecule has 1 aromatic carbocycles. The Bertz CT molecular complexity index is 666. The zero-order valence-electron chi connectivity index (χ0n) is 13.2. The van der Waals surface area contributed by atoms with Crippen molar-refractivity contribution in [1.29, 1.82) is 0 Å². The first-order chi connectivity index (χ1) is 11.2. The van der Waals surface area contributed by atoms with Gasteiger partial charge in [-0.2, -0.15) is 0 Å². The summed E-state index contributed by atoms with van der Waals surface area (Å²) in [6, 6.07) is 8.24. The fraction of sp³-hybridized carbons (Fsp3) is 0.500. The van der Waals surface area contributed by atoms with Crippen molar-refractivity contribution in [2.75, 3.05) is 11.1 Å². The number of carbonyl (C=O) groups excluding carboxylic acids is 1. The summed E-state index contributed by atoms with van der Waals surface area (Å²) in [6.07, 6.45) is 4.79. The number of benzene rings is 1. The van der Waals surface area contributed by atoms with Gasteiger partial charge in [0, 0.05) is 5.69 Å². The molecule has 1 saturated carbocycles. The summed E-state index contributed by atoms with van der Waals surface area (Å²) < 4.78 is 1.94. The van der Waals surface area contributed by atoms with Crippen molar-refractivity contribution in [1.82, 2.24) is 20.2 Å². The van der Waals surface area contributed by atoms with Crippen LogP contribution in [0.25, 0.3) is 0 Å². The maximum Gasteiger partial charge on any atom is 0.234 e. The molecule has 0 saturated heterocycles. The van der Waals surface area contributed by atoms with Crippen molar-refractivity contribution in [3.8, 4) is 0 Å². The van der Waals surface area contributed by atoms with E-state index in [0.717, 1.165) is 29.9 Å². The van der Waals surface area contributed by atoms with E-state index < -0.39 is 0 Å². The van der Waals surface area contributed by atoms with Gasteiger partial charge in [0.15, 0.2) is 5.82 Å². The van der Waals surface area contributed by atoms with Crippen LogP contribution < -0.4 is 5.32 Å². The summed E-state index contributed by atoms with van der Waals surface area (Å²) >= 11 is 1.54.